The van der Waals surface area contributed by atoms with E-state index >= 15 is 0 Å². The second kappa shape index (κ2) is 9.37. The smallest absolute Gasteiger partial charge is 0.261 e. The minimum atomic E-state index is -0.598. The summed E-state index contributed by atoms with van der Waals surface area (Å²) in [6.07, 6.45) is 6.81. The number of nitrogens with zero attached hydrogens (tertiary/aromatic N) is 1. The number of halogens is 1. The van der Waals surface area contributed by atoms with Gasteiger partial charge in [-0.1, -0.05) is 6.92 Å². The lowest BCUT2D eigenvalue weighted by Crippen LogP contribution is -2.37. The number of fused-ring (bicyclic) bond motifs is 1. The molecule has 1 aromatic carbocycles. The number of aromatic nitrogens is 2. The van der Waals surface area contributed by atoms with Crippen molar-refractivity contribution in [2.75, 3.05) is 6.61 Å². The molecular weight excluding hydrogens is 405 g/mol. The zero-order valence-electron chi connectivity index (χ0n) is 17.2. The summed E-state index contributed by atoms with van der Waals surface area (Å²) in [7, 11) is 0. The van der Waals surface area contributed by atoms with Crippen molar-refractivity contribution in [1.29, 1.82) is 0 Å². The molecule has 0 atom stereocenters. The summed E-state index contributed by atoms with van der Waals surface area (Å²) in [5, 5.41) is 3.51. The van der Waals surface area contributed by atoms with Crippen LogP contribution in [0.5, 0.6) is 5.75 Å². The highest BCUT2D eigenvalue weighted by Gasteiger charge is 2.24. The first-order chi connectivity index (χ1) is 14.5. The van der Waals surface area contributed by atoms with Gasteiger partial charge in [0, 0.05) is 29.8 Å². The van der Waals surface area contributed by atoms with Gasteiger partial charge in [-0.15, -0.1) is 0 Å². The van der Waals surface area contributed by atoms with E-state index in [9.17, 15) is 14.0 Å². The number of amides is 1. The molecule has 0 bridgehead atoms. The van der Waals surface area contributed by atoms with E-state index in [1.807, 2.05) is 6.92 Å². The Kier molecular flexibility index (Phi) is 6.61. The molecule has 2 saturated carbocycles. The second-order valence-electron chi connectivity index (χ2n) is 8.27. The first-order valence-electron chi connectivity index (χ1n) is 10.8. The van der Waals surface area contributed by atoms with Gasteiger partial charge in [0.1, 0.15) is 22.8 Å². The quantitative estimate of drug-likeness (QED) is 0.659. The fraction of sp³-hybridized carbons (Fsp3) is 0.591. The Bertz CT molecular complexity index is 968. The molecule has 1 aromatic heterocycles. The molecule has 0 radical (unpaired) electrons. The summed E-state index contributed by atoms with van der Waals surface area (Å²) in [6, 6.07) is 3.20. The fourth-order valence-corrected chi connectivity index (χ4v) is 4.93. The van der Waals surface area contributed by atoms with E-state index in [1.165, 1.54) is 6.07 Å². The van der Waals surface area contributed by atoms with Gasteiger partial charge in [-0.25, -0.2) is 9.37 Å². The third-order valence-electron chi connectivity index (χ3n) is 5.78. The van der Waals surface area contributed by atoms with Crippen LogP contribution in [0.25, 0.3) is 10.9 Å². The van der Waals surface area contributed by atoms with Crippen LogP contribution in [0.4, 0.5) is 4.39 Å². The van der Waals surface area contributed by atoms with Gasteiger partial charge in [0.2, 0.25) is 5.91 Å². The summed E-state index contributed by atoms with van der Waals surface area (Å²) >= 11 is 1.75. The molecule has 0 spiro atoms. The lowest BCUT2D eigenvalue weighted by Gasteiger charge is -2.28. The zero-order valence-corrected chi connectivity index (χ0v) is 18.0. The third-order valence-corrected chi connectivity index (χ3v) is 7.16. The molecule has 4 rings (SSSR count). The minimum Gasteiger partial charge on any atom is -0.493 e. The van der Waals surface area contributed by atoms with Crippen molar-refractivity contribution in [2.24, 2.45) is 5.92 Å². The van der Waals surface area contributed by atoms with Crippen LogP contribution < -0.4 is 15.6 Å². The largest absolute Gasteiger partial charge is 0.493 e. The number of carbonyl (C=O) groups excluding carboxylic acids is 1. The van der Waals surface area contributed by atoms with Gasteiger partial charge in [-0.05, 0) is 44.4 Å². The van der Waals surface area contributed by atoms with Gasteiger partial charge in [-0.3, -0.25) is 9.59 Å². The molecule has 162 valence electrons. The van der Waals surface area contributed by atoms with Gasteiger partial charge >= 0.3 is 0 Å². The fourth-order valence-electron chi connectivity index (χ4n) is 3.80. The molecule has 2 aliphatic carbocycles. The first kappa shape index (κ1) is 21.2. The van der Waals surface area contributed by atoms with Crippen LogP contribution in [0.2, 0.25) is 0 Å². The van der Waals surface area contributed by atoms with Crippen molar-refractivity contribution in [1.82, 2.24) is 15.3 Å². The van der Waals surface area contributed by atoms with E-state index in [0.717, 1.165) is 38.5 Å². The van der Waals surface area contributed by atoms with Gasteiger partial charge < -0.3 is 15.0 Å². The highest BCUT2D eigenvalue weighted by Crippen LogP contribution is 2.32. The molecule has 2 fully saturated rings. The molecule has 0 unspecified atom stereocenters. The maximum Gasteiger partial charge on any atom is 0.261 e. The van der Waals surface area contributed by atoms with E-state index in [0.29, 0.717) is 47.0 Å². The Labute approximate surface area is 179 Å². The predicted octanol–water partition coefficient (Wildman–Crippen LogP) is 3.92. The number of ether oxygens (including phenoxy) is 1. The summed E-state index contributed by atoms with van der Waals surface area (Å²) in [5.41, 5.74) is -0.112. The lowest BCUT2D eigenvalue weighted by molar-refractivity contribution is -0.121. The van der Waals surface area contributed by atoms with Gasteiger partial charge in [0.05, 0.1) is 17.9 Å². The predicted molar refractivity (Wildman–Crippen MR) is 116 cm³/mol. The molecule has 1 amide bonds. The van der Waals surface area contributed by atoms with E-state index < -0.39 is 11.4 Å². The molecule has 8 heteroatoms. The Hall–Kier alpha value is -2.09. The summed E-state index contributed by atoms with van der Waals surface area (Å²) in [6.45, 7) is 2.44. The number of hydrogen-bond acceptors (Lipinski definition) is 5. The molecule has 2 aromatic rings. The Morgan fingerprint density at radius 2 is 2.03 bits per heavy atom. The maximum absolute atomic E-state index is 14.4. The monoisotopic (exact) mass is 433 g/mol. The van der Waals surface area contributed by atoms with Crippen molar-refractivity contribution >= 4 is 28.6 Å². The van der Waals surface area contributed by atoms with E-state index in [-0.39, 0.29) is 17.3 Å². The molecule has 2 N–H and O–H groups in total. The zero-order chi connectivity index (χ0) is 21.1. The SMILES string of the molecule is CCC(=O)NC1CCC(SCc2nc3cc(OCC4CC4)cc(F)c3c(=O)[nH]2)CC1. The Morgan fingerprint density at radius 1 is 1.27 bits per heavy atom. The molecular formula is C22H28FN3O3S. The van der Waals surface area contributed by atoms with Crippen molar-refractivity contribution in [3.63, 3.8) is 0 Å². The number of hydrogen-bond donors (Lipinski definition) is 2. The van der Waals surface area contributed by atoms with Crippen LogP contribution >= 0.6 is 11.8 Å². The standard InChI is InChI=1S/C22H28FN3O3S/c1-2-20(27)24-14-5-7-16(8-6-14)30-12-19-25-18-10-15(29-11-13-3-4-13)9-17(23)21(18)22(28)26-19/h9-10,13-14,16H,2-8,11-12H2,1H3,(H,24,27)(H,25,26,28). The molecule has 2 aliphatic rings. The van der Waals surface area contributed by atoms with Crippen LogP contribution in [0.15, 0.2) is 16.9 Å². The van der Waals surface area contributed by atoms with E-state index in [1.54, 1.807) is 17.8 Å². The highest BCUT2D eigenvalue weighted by molar-refractivity contribution is 7.99. The molecule has 0 saturated heterocycles. The van der Waals surface area contributed by atoms with E-state index in [4.69, 9.17) is 4.74 Å². The van der Waals surface area contributed by atoms with Crippen molar-refractivity contribution in [3.8, 4) is 5.75 Å². The number of nitrogens with one attached hydrogen (secondary N) is 2. The number of rotatable bonds is 8. The minimum absolute atomic E-state index is 0.0188. The number of H-pyrrole nitrogens is 1. The highest BCUT2D eigenvalue weighted by atomic mass is 32.2. The molecule has 30 heavy (non-hydrogen) atoms. The van der Waals surface area contributed by atoms with Crippen LogP contribution in [0.1, 0.15) is 57.7 Å². The topological polar surface area (TPSA) is 84.1 Å². The third kappa shape index (κ3) is 5.33. The summed E-state index contributed by atoms with van der Waals surface area (Å²) in [5.74, 6) is 1.62. The first-order valence-corrected chi connectivity index (χ1v) is 11.8. The van der Waals surface area contributed by atoms with Crippen molar-refractivity contribution in [2.45, 2.75) is 68.9 Å². The van der Waals surface area contributed by atoms with Crippen LogP contribution in [-0.4, -0.2) is 33.8 Å². The van der Waals surface area contributed by atoms with Crippen molar-refractivity contribution < 1.29 is 13.9 Å². The number of aromatic amines is 1. The van der Waals surface area contributed by atoms with Gasteiger partial charge in [0.25, 0.3) is 5.56 Å². The number of thioether (sulfide) groups is 1. The molecule has 1 heterocycles. The maximum atomic E-state index is 14.4. The van der Waals surface area contributed by atoms with Crippen LogP contribution in [0, 0.1) is 11.7 Å². The Morgan fingerprint density at radius 3 is 2.73 bits per heavy atom. The van der Waals surface area contributed by atoms with Crippen LogP contribution in [-0.2, 0) is 10.5 Å². The van der Waals surface area contributed by atoms with Gasteiger partial charge in [0.15, 0.2) is 0 Å². The molecule has 0 aliphatic heterocycles. The Balaban J connectivity index is 1.38. The number of benzene rings is 1. The van der Waals surface area contributed by atoms with Crippen LogP contribution in [0.3, 0.4) is 0 Å². The second-order valence-corrected chi connectivity index (χ2v) is 9.56. The summed E-state index contributed by atoms with van der Waals surface area (Å²) in [4.78, 5) is 31.2. The summed E-state index contributed by atoms with van der Waals surface area (Å²) < 4.78 is 20.1. The average molecular weight is 434 g/mol. The molecule has 6 nitrogen and oxygen atoms in total. The average Bonchev–Trinajstić information content (AvgIpc) is 3.55. The van der Waals surface area contributed by atoms with Crippen molar-refractivity contribution in [3.05, 3.63) is 34.1 Å². The number of carbonyl (C=O) groups is 1. The van der Waals surface area contributed by atoms with Gasteiger partial charge in [-0.2, -0.15) is 11.8 Å². The lowest BCUT2D eigenvalue weighted by atomic mass is 9.95. The van der Waals surface area contributed by atoms with E-state index in [2.05, 4.69) is 15.3 Å². The normalized spacial score (nSPS) is 21.5.